The summed E-state index contributed by atoms with van der Waals surface area (Å²) in [4.78, 5) is 18.6. The predicted octanol–water partition coefficient (Wildman–Crippen LogP) is 3.10. The monoisotopic (exact) mass is 383 g/mol. The lowest BCUT2D eigenvalue weighted by atomic mass is 10.1. The molecular weight excluding hydrogens is 365 g/mol. The maximum absolute atomic E-state index is 13.4. The van der Waals surface area contributed by atoms with E-state index in [2.05, 4.69) is 10.1 Å². The third-order valence-electron chi connectivity index (χ3n) is 4.49. The Bertz CT molecular complexity index is 974. The van der Waals surface area contributed by atoms with Crippen LogP contribution in [0, 0.1) is 5.82 Å². The second kappa shape index (κ2) is 7.77. The maximum Gasteiger partial charge on any atom is 0.258 e. The minimum Gasteiger partial charge on any atom is -0.497 e. The van der Waals surface area contributed by atoms with Gasteiger partial charge in [-0.1, -0.05) is 11.2 Å². The van der Waals surface area contributed by atoms with Crippen molar-refractivity contribution in [2.45, 2.75) is 6.10 Å². The van der Waals surface area contributed by atoms with E-state index in [1.165, 1.54) is 18.2 Å². The Kier molecular flexibility index (Phi) is 5.03. The summed E-state index contributed by atoms with van der Waals surface area (Å²) in [7, 11) is 1.59. The lowest BCUT2D eigenvalue weighted by Gasteiger charge is -2.31. The number of nitrogens with zero attached hydrogens (tertiary/aromatic N) is 3. The van der Waals surface area contributed by atoms with Gasteiger partial charge in [0.15, 0.2) is 0 Å². The van der Waals surface area contributed by atoms with E-state index in [4.69, 9.17) is 14.0 Å². The smallest absolute Gasteiger partial charge is 0.258 e. The summed E-state index contributed by atoms with van der Waals surface area (Å²) in [6, 6.07) is 12.9. The summed E-state index contributed by atoms with van der Waals surface area (Å²) in [6.07, 6.45) is -0.512. The van der Waals surface area contributed by atoms with Crippen LogP contribution < -0.4 is 4.74 Å². The molecule has 1 saturated heterocycles. The number of morpholine rings is 1. The molecule has 1 fully saturated rings. The zero-order valence-corrected chi connectivity index (χ0v) is 15.2. The lowest BCUT2D eigenvalue weighted by molar-refractivity contribution is -0.0276. The molecule has 4 rings (SSSR count). The van der Waals surface area contributed by atoms with Gasteiger partial charge in [-0.3, -0.25) is 4.79 Å². The molecule has 0 spiro atoms. The summed E-state index contributed by atoms with van der Waals surface area (Å²) in [6.45, 7) is 1.00. The molecule has 28 heavy (non-hydrogen) atoms. The van der Waals surface area contributed by atoms with Crippen molar-refractivity contribution in [3.05, 3.63) is 65.7 Å². The van der Waals surface area contributed by atoms with Crippen LogP contribution in [0.5, 0.6) is 5.75 Å². The lowest BCUT2D eigenvalue weighted by Crippen LogP contribution is -2.42. The predicted molar refractivity (Wildman–Crippen MR) is 97.3 cm³/mol. The standard InChI is InChI=1S/C20H18FN3O4/c1-26-16-7-5-13(6-8-16)19-22-18(23-28-19)17-12-24(9-10-27-17)20(25)14-3-2-4-15(21)11-14/h2-8,11,17H,9-10,12H2,1H3. The third kappa shape index (κ3) is 3.72. The number of carbonyl (C=O) groups excluding carboxylic acids is 1. The first-order valence-electron chi connectivity index (χ1n) is 8.78. The number of carbonyl (C=O) groups is 1. The molecule has 0 saturated carbocycles. The van der Waals surface area contributed by atoms with Gasteiger partial charge in [0.05, 0.1) is 20.3 Å². The van der Waals surface area contributed by atoms with Crippen molar-refractivity contribution in [1.29, 1.82) is 0 Å². The Balaban J connectivity index is 1.49. The van der Waals surface area contributed by atoms with Gasteiger partial charge in [0.2, 0.25) is 5.82 Å². The van der Waals surface area contributed by atoms with Crippen LogP contribution in [0.1, 0.15) is 22.3 Å². The average Bonchev–Trinajstić information content (AvgIpc) is 3.24. The second-order valence-electron chi connectivity index (χ2n) is 6.31. The first kappa shape index (κ1) is 18.1. The maximum atomic E-state index is 13.4. The molecule has 1 aliphatic rings. The molecule has 0 N–H and O–H groups in total. The number of methoxy groups -OCH3 is 1. The van der Waals surface area contributed by atoms with Crippen molar-refractivity contribution in [2.24, 2.45) is 0 Å². The van der Waals surface area contributed by atoms with E-state index < -0.39 is 11.9 Å². The van der Waals surface area contributed by atoms with Crippen molar-refractivity contribution >= 4 is 5.91 Å². The van der Waals surface area contributed by atoms with Crippen molar-refractivity contribution in [3.63, 3.8) is 0 Å². The fourth-order valence-corrected chi connectivity index (χ4v) is 3.01. The molecule has 2 heterocycles. The summed E-state index contributed by atoms with van der Waals surface area (Å²) in [5.74, 6) is 0.743. The molecule has 0 radical (unpaired) electrons. The molecule has 144 valence electrons. The fraction of sp³-hybridized carbons (Fsp3) is 0.250. The quantitative estimate of drug-likeness (QED) is 0.689. The topological polar surface area (TPSA) is 77.7 Å². The van der Waals surface area contributed by atoms with E-state index in [1.54, 1.807) is 30.2 Å². The minimum atomic E-state index is -0.512. The van der Waals surface area contributed by atoms with Gasteiger partial charge in [0.25, 0.3) is 11.8 Å². The normalized spacial score (nSPS) is 16.8. The van der Waals surface area contributed by atoms with Crippen LogP contribution in [0.3, 0.4) is 0 Å². The summed E-state index contributed by atoms with van der Waals surface area (Å²) < 4.78 is 29.6. The summed E-state index contributed by atoms with van der Waals surface area (Å²) in [5.41, 5.74) is 1.05. The van der Waals surface area contributed by atoms with Gasteiger partial charge in [0.1, 0.15) is 17.7 Å². The Morgan fingerprint density at radius 3 is 2.82 bits per heavy atom. The highest BCUT2D eigenvalue weighted by atomic mass is 19.1. The molecule has 0 bridgehead atoms. The van der Waals surface area contributed by atoms with Crippen molar-refractivity contribution in [3.8, 4) is 17.2 Å². The first-order chi connectivity index (χ1) is 13.6. The van der Waals surface area contributed by atoms with Crippen LogP contribution in [0.25, 0.3) is 11.5 Å². The number of rotatable bonds is 4. The molecular formula is C20H18FN3O4. The van der Waals surface area contributed by atoms with E-state index >= 15 is 0 Å². The Labute approximate surface area is 160 Å². The van der Waals surface area contributed by atoms with Gasteiger partial charge in [-0.2, -0.15) is 4.98 Å². The van der Waals surface area contributed by atoms with Crippen LogP contribution in [0.2, 0.25) is 0 Å². The zero-order chi connectivity index (χ0) is 19.5. The van der Waals surface area contributed by atoms with Crippen molar-refractivity contribution in [2.75, 3.05) is 26.8 Å². The Morgan fingerprint density at radius 1 is 1.25 bits per heavy atom. The van der Waals surface area contributed by atoms with Crippen LogP contribution in [-0.4, -0.2) is 47.8 Å². The van der Waals surface area contributed by atoms with Gasteiger partial charge in [-0.05, 0) is 42.5 Å². The number of hydrogen-bond acceptors (Lipinski definition) is 6. The molecule has 1 amide bonds. The summed E-state index contributed by atoms with van der Waals surface area (Å²) >= 11 is 0. The zero-order valence-electron chi connectivity index (χ0n) is 15.2. The fourth-order valence-electron chi connectivity index (χ4n) is 3.01. The summed E-state index contributed by atoms with van der Waals surface area (Å²) in [5, 5.41) is 4.00. The molecule has 3 aromatic rings. The number of amides is 1. The van der Waals surface area contributed by atoms with E-state index in [0.717, 1.165) is 11.3 Å². The average molecular weight is 383 g/mol. The van der Waals surface area contributed by atoms with Gasteiger partial charge in [-0.15, -0.1) is 0 Å². The number of aromatic nitrogens is 2. The Hall–Kier alpha value is -3.26. The number of hydrogen-bond donors (Lipinski definition) is 0. The van der Waals surface area contributed by atoms with Crippen molar-refractivity contribution < 1.29 is 23.2 Å². The third-order valence-corrected chi connectivity index (χ3v) is 4.49. The van der Waals surface area contributed by atoms with Gasteiger partial charge in [-0.25, -0.2) is 4.39 Å². The van der Waals surface area contributed by atoms with Crippen LogP contribution in [0.15, 0.2) is 53.1 Å². The number of halogens is 1. The highest BCUT2D eigenvalue weighted by Gasteiger charge is 2.29. The van der Waals surface area contributed by atoms with Crippen LogP contribution in [0.4, 0.5) is 4.39 Å². The van der Waals surface area contributed by atoms with Crippen LogP contribution >= 0.6 is 0 Å². The van der Waals surface area contributed by atoms with E-state index in [-0.39, 0.29) is 12.5 Å². The molecule has 8 heteroatoms. The highest BCUT2D eigenvalue weighted by molar-refractivity contribution is 5.94. The van der Waals surface area contributed by atoms with Crippen LogP contribution in [-0.2, 0) is 4.74 Å². The van der Waals surface area contributed by atoms with E-state index in [0.29, 0.717) is 30.4 Å². The highest BCUT2D eigenvalue weighted by Crippen LogP contribution is 2.25. The van der Waals surface area contributed by atoms with Crippen molar-refractivity contribution in [1.82, 2.24) is 15.0 Å². The number of benzene rings is 2. The molecule has 0 aliphatic carbocycles. The molecule has 7 nitrogen and oxygen atoms in total. The molecule has 1 unspecified atom stereocenters. The molecule has 1 aliphatic heterocycles. The Morgan fingerprint density at radius 2 is 2.07 bits per heavy atom. The number of ether oxygens (including phenoxy) is 2. The van der Waals surface area contributed by atoms with Gasteiger partial charge < -0.3 is 18.9 Å². The first-order valence-corrected chi connectivity index (χ1v) is 8.78. The van der Waals surface area contributed by atoms with E-state index in [1.807, 2.05) is 12.1 Å². The molecule has 1 aromatic heterocycles. The second-order valence-corrected chi connectivity index (χ2v) is 6.31. The van der Waals surface area contributed by atoms with Gasteiger partial charge >= 0.3 is 0 Å². The van der Waals surface area contributed by atoms with E-state index in [9.17, 15) is 9.18 Å². The molecule has 2 aromatic carbocycles. The van der Waals surface area contributed by atoms with Gasteiger partial charge in [0, 0.05) is 17.7 Å². The SMILES string of the molecule is COc1ccc(-c2nc(C3CN(C(=O)c4cccc(F)c4)CCO3)no2)cc1. The molecule has 1 atom stereocenters. The largest absolute Gasteiger partial charge is 0.497 e. The minimum absolute atomic E-state index is 0.258.